The van der Waals surface area contributed by atoms with Crippen LogP contribution in [0.4, 0.5) is 0 Å². The Morgan fingerprint density at radius 1 is 0.839 bits per heavy atom. The van der Waals surface area contributed by atoms with Crippen molar-refractivity contribution in [3.8, 4) is 22.5 Å². The number of furan rings is 1. The number of aromatic nitrogens is 2. The standard InChI is InChI=1S/C27H27N2OSi/c1-18-9-14-21-22-15-16-23(19-10-12-20(13-11-19)31(3,4)5)28-27(22)30-26(21)25(18)24-8-6-7-17-29(24)2/h6-17H,1-5H3/q+1. The summed E-state index contributed by atoms with van der Waals surface area (Å²) in [6.07, 6.45) is 2.07. The quantitative estimate of drug-likeness (QED) is 0.263. The van der Waals surface area contributed by atoms with E-state index >= 15 is 0 Å². The Morgan fingerprint density at radius 2 is 1.58 bits per heavy atom. The first kappa shape index (κ1) is 19.7. The normalized spacial score (nSPS) is 12.0. The highest BCUT2D eigenvalue weighted by Gasteiger charge is 2.21. The van der Waals surface area contributed by atoms with Crippen molar-refractivity contribution < 1.29 is 8.98 Å². The largest absolute Gasteiger partial charge is 0.437 e. The number of nitrogens with zero attached hydrogens (tertiary/aromatic N) is 2. The van der Waals surface area contributed by atoms with Gasteiger partial charge in [-0.1, -0.05) is 61.2 Å². The molecule has 0 unspecified atom stereocenters. The molecule has 0 radical (unpaired) electrons. The maximum atomic E-state index is 6.40. The lowest BCUT2D eigenvalue weighted by molar-refractivity contribution is -0.660. The van der Waals surface area contributed by atoms with Crippen molar-refractivity contribution >= 4 is 35.3 Å². The van der Waals surface area contributed by atoms with Gasteiger partial charge in [0.05, 0.1) is 19.3 Å². The summed E-state index contributed by atoms with van der Waals surface area (Å²) in [5.74, 6) is 0. The summed E-state index contributed by atoms with van der Waals surface area (Å²) < 4.78 is 8.53. The van der Waals surface area contributed by atoms with Crippen molar-refractivity contribution in [2.24, 2.45) is 7.05 Å². The molecular formula is C27H27N2OSi+. The van der Waals surface area contributed by atoms with Crippen LogP contribution >= 0.6 is 0 Å². The average Bonchev–Trinajstić information content (AvgIpc) is 3.11. The topological polar surface area (TPSA) is 29.9 Å². The third kappa shape index (κ3) is 3.37. The zero-order valence-electron chi connectivity index (χ0n) is 18.7. The summed E-state index contributed by atoms with van der Waals surface area (Å²) in [4.78, 5) is 4.90. The van der Waals surface area contributed by atoms with Gasteiger partial charge in [0.2, 0.25) is 11.4 Å². The highest BCUT2D eigenvalue weighted by Crippen LogP contribution is 2.37. The van der Waals surface area contributed by atoms with Crippen LogP contribution in [0.3, 0.4) is 0 Å². The molecule has 154 valence electrons. The van der Waals surface area contributed by atoms with E-state index in [4.69, 9.17) is 9.40 Å². The lowest BCUT2D eigenvalue weighted by Crippen LogP contribution is -2.37. The van der Waals surface area contributed by atoms with Gasteiger partial charge in [-0.3, -0.25) is 0 Å². The van der Waals surface area contributed by atoms with Crippen LogP contribution in [0.1, 0.15) is 5.56 Å². The molecule has 3 heterocycles. The van der Waals surface area contributed by atoms with E-state index in [9.17, 15) is 0 Å². The highest BCUT2D eigenvalue weighted by molar-refractivity contribution is 6.88. The van der Waals surface area contributed by atoms with Crippen LogP contribution in [-0.4, -0.2) is 13.1 Å². The smallest absolute Gasteiger partial charge is 0.227 e. The van der Waals surface area contributed by atoms with Crippen molar-refractivity contribution in [1.82, 2.24) is 4.98 Å². The van der Waals surface area contributed by atoms with Crippen LogP contribution < -0.4 is 9.75 Å². The molecule has 0 N–H and O–H groups in total. The van der Waals surface area contributed by atoms with Crippen molar-refractivity contribution in [1.29, 1.82) is 0 Å². The minimum atomic E-state index is -1.31. The van der Waals surface area contributed by atoms with E-state index in [0.29, 0.717) is 5.71 Å². The van der Waals surface area contributed by atoms with Crippen LogP contribution in [0, 0.1) is 6.92 Å². The number of hydrogen-bond donors (Lipinski definition) is 0. The Bertz CT molecular complexity index is 1430. The van der Waals surface area contributed by atoms with Gasteiger partial charge in [-0.25, -0.2) is 9.55 Å². The minimum absolute atomic E-state index is 0.687. The van der Waals surface area contributed by atoms with Gasteiger partial charge in [0.1, 0.15) is 7.05 Å². The van der Waals surface area contributed by atoms with Crippen molar-refractivity contribution in [3.63, 3.8) is 0 Å². The van der Waals surface area contributed by atoms with E-state index in [2.05, 4.69) is 105 Å². The third-order valence-corrected chi connectivity index (χ3v) is 8.14. The number of rotatable bonds is 3. The molecule has 4 heteroatoms. The second-order valence-corrected chi connectivity index (χ2v) is 14.4. The molecule has 3 aromatic heterocycles. The van der Waals surface area contributed by atoms with Gasteiger partial charge in [-0.2, -0.15) is 0 Å². The van der Waals surface area contributed by atoms with E-state index in [0.717, 1.165) is 38.9 Å². The number of benzene rings is 2. The fraction of sp³-hybridized carbons (Fsp3) is 0.185. The summed E-state index contributed by atoms with van der Waals surface area (Å²) >= 11 is 0. The third-order valence-electron chi connectivity index (χ3n) is 6.07. The molecule has 3 nitrogen and oxygen atoms in total. The lowest BCUT2D eigenvalue weighted by atomic mass is 10.0. The van der Waals surface area contributed by atoms with Gasteiger partial charge >= 0.3 is 0 Å². The van der Waals surface area contributed by atoms with Crippen LogP contribution in [-0.2, 0) is 7.05 Å². The maximum Gasteiger partial charge on any atom is 0.227 e. The van der Waals surface area contributed by atoms with Crippen LogP contribution in [0.25, 0.3) is 44.6 Å². The molecule has 0 aliphatic carbocycles. The number of aryl methyl sites for hydroxylation is 2. The van der Waals surface area contributed by atoms with Gasteiger partial charge in [0, 0.05) is 28.5 Å². The summed E-state index contributed by atoms with van der Waals surface area (Å²) in [7, 11) is 0.753. The van der Waals surface area contributed by atoms with Gasteiger partial charge in [0.25, 0.3) is 0 Å². The predicted molar refractivity (Wildman–Crippen MR) is 131 cm³/mol. The fourth-order valence-corrected chi connectivity index (χ4v) is 5.39. The Morgan fingerprint density at radius 3 is 2.29 bits per heavy atom. The van der Waals surface area contributed by atoms with Gasteiger partial charge in [0.15, 0.2) is 11.8 Å². The molecule has 0 saturated carbocycles. The van der Waals surface area contributed by atoms with Crippen LogP contribution in [0.15, 0.2) is 77.3 Å². The maximum absolute atomic E-state index is 6.40. The Kier molecular flexibility index (Phi) is 4.56. The molecule has 0 amide bonds. The van der Waals surface area contributed by atoms with E-state index in [1.807, 2.05) is 6.07 Å². The first-order valence-corrected chi connectivity index (χ1v) is 14.2. The Balaban J connectivity index is 1.68. The first-order chi connectivity index (χ1) is 14.8. The van der Waals surface area contributed by atoms with E-state index in [1.165, 1.54) is 10.8 Å². The fourth-order valence-electron chi connectivity index (χ4n) is 4.22. The Hall–Kier alpha value is -3.24. The monoisotopic (exact) mass is 423 g/mol. The number of hydrogen-bond acceptors (Lipinski definition) is 2. The molecule has 31 heavy (non-hydrogen) atoms. The molecule has 0 saturated heterocycles. The molecule has 0 fully saturated rings. The molecule has 0 spiro atoms. The zero-order chi connectivity index (χ0) is 21.8. The van der Waals surface area contributed by atoms with Crippen LogP contribution in [0.2, 0.25) is 19.6 Å². The van der Waals surface area contributed by atoms with Crippen molar-refractivity contribution in [2.45, 2.75) is 26.6 Å². The van der Waals surface area contributed by atoms with E-state index in [1.54, 1.807) is 0 Å². The number of fused-ring (bicyclic) bond motifs is 3. The second-order valence-electron chi connectivity index (χ2n) is 9.31. The molecule has 2 aromatic carbocycles. The molecule has 0 bridgehead atoms. The van der Waals surface area contributed by atoms with Crippen molar-refractivity contribution in [3.05, 3.63) is 78.5 Å². The molecule has 5 aromatic rings. The zero-order valence-corrected chi connectivity index (χ0v) is 19.7. The summed E-state index contributed by atoms with van der Waals surface area (Å²) in [5.41, 5.74) is 7.09. The summed E-state index contributed by atoms with van der Waals surface area (Å²) in [6.45, 7) is 9.24. The van der Waals surface area contributed by atoms with Gasteiger partial charge in [-0.05, 0) is 30.7 Å². The second kappa shape index (κ2) is 7.17. The lowest BCUT2D eigenvalue weighted by Gasteiger charge is -2.16. The number of pyridine rings is 2. The molecule has 0 aliphatic rings. The molecule has 5 rings (SSSR count). The average molecular weight is 424 g/mol. The first-order valence-electron chi connectivity index (χ1n) is 10.7. The van der Waals surface area contributed by atoms with Gasteiger partial charge in [-0.15, -0.1) is 0 Å². The SMILES string of the molecule is Cc1ccc2c(oc3nc(-c4ccc([Si](C)(C)C)cc4)ccc32)c1-c1cccc[n+]1C. The summed E-state index contributed by atoms with van der Waals surface area (Å²) in [6, 6.07) is 23.7. The minimum Gasteiger partial charge on any atom is -0.437 e. The van der Waals surface area contributed by atoms with E-state index < -0.39 is 8.07 Å². The van der Waals surface area contributed by atoms with Gasteiger partial charge < -0.3 is 4.42 Å². The highest BCUT2D eigenvalue weighted by atomic mass is 28.3. The Labute approximate surface area is 184 Å². The molecule has 0 aliphatic heterocycles. The predicted octanol–water partition coefficient (Wildman–Crippen LogP) is 5.99. The van der Waals surface area contributed by atoms with Crippen molar-refractivity contribution in [2.75, 3.05) is 0 Å². The molecule has 0 atom stereocenters. The van der Waals surface area contributed by atoms with E-state index in [-0.39, 0.29) is 0 Å². The summed E-state index contributed by atoms with van der Waals surface area (Å²) in [5, 5.41) is 3.61. The van der Waals surface area contributed by atoms with Crippen LogP contribution in [0.5, 0.6) is 0 Å². The molecular weight excluding hydrogens is 396 g/mol.